The predicted molar refractivity (Wildman–Crippen MR) is 121 cm³/mol. The molecule has 2 atom stereocenters. The van der Waals surface area contributed by atoms with E-state index in [1.807, 2.05) is 17.0 Å². The molecule has 158 valence electrons. The SMILES string of the molecule is COc1cccc(-c2ccc(CN3C4CCC3CN(C(=O)c3ccncc3)C4)cc2)c1. The molecule has 5 rings (SSSR count). The third-order valence-electron chi connectivity index (χ3n) is 6.57. The first-order valence-electron chi connectivity index (χ1n) is 10.9. The quantitative estimate of drug-likeness (QED) is 0.627. The number of piperazine rings is 1. The summed E-state index contributed by atoms with van der Waals surface area (Å²) in [6.45, 7) is 2.55. The summed E-state index contributed by atoms with van der Waals surface area (Å²) in [6.07, 6.45) is 5.69. The molecule has 0 radical (unpaired) electrons. The van der Waals surface area contributed by atoms with E-state index in [1.165, 1.54) is 11.1 Å². The molecule has 0 saturated carbocycles. The van der Waals surface area contributed by atoms with Crippen LogP contribution in [0.15, 0.2) is 73.1 Å². The minimum atomic E-state index is 0.126. The predicted octanol–water partition coefficient (Wildman–Crippen LogP) is 4.25. The lowest BCUT2D eigenvalue weighted by Gasteiger charge is -2.41. The van der Waals surface area contributed by atoms with E-state index in [4.69, 9.17) is 4.74 Å². The topological polar surface area (TPSA) is 45.7 Å². The average molecular weight is 414 g/mol. The fraction of sp³-hybridized carbons (Fsp3) is 0.308. The molecule has 3 aromatic rings. The van der Waals surface area contributed by atoms with E-state index in [9.17, 15) is 4.79 Å². The molecular weight excluding hydrogens is 386 g/mol. The van der Waals surface area contributed by atoms with Crippen LogP contribution in [-0.2, 0) is 6.54 Å². The second kappa shape index (κ2) is 8.52. The molecule has 0 aliphatic carbocycles. The van der Waals surface area contributed by atoms with E-state index in [0.29, 0.717) is 12.1 Å². The van der Waals surface area contributed by atoms with Crippen molar-refractivity contribution in [3.05, 3.63) is 84.2 Å². The van der Waals surface area contributed by atoms with Crippen molar-refractivity contribution in [1.82, 2.24) is 14.8 Å². The van der Waals surface area contributed by atoms with Gasteiger partial charge >= 0.3 is 0 Å². The second-order valence-corrected chi connectivity index (χ2v) is 8.43. The van der Waals surface area contributed by atoms with E-state index in [0.717, 1.165) is 49.4 Å². The highest BCUT2D eigenvalue weighted by molar-refractivity contribution is 5.94. The van der Waals surface area contributed by atoms with Gasteiger partial charge in [-0.1, -0.05) is 36.4 Å². The van der Waals surface area contributed by atoms with Crippen LogP contribution in [0.2, 0.25) is 0 Å². The summed E-state index contributed by atoms with van der Waals surface area (Å²) in [5.41, 5.74) is 4.40. The fourth-order valence-electron chi connectivity index (χ4n) is 4.91. The van der Waals surface area contributed by atoms with Gasteiger partial charge in [-0.05, 0) is 53.8 Å². The zero-order chi connectivity index (χ0) is 21.2. The van der Waals surface area contributed by atoms with E-state index < -0.39 is 0 Å². The van der Waals surface area contributed by atoms with Crippen LogP contribution in [-0.4, -0.2) is 53.0 Å². The molecule has 2 aromatic carbocycles. The summed E-state index contributed by atoms with van der Waals surface area (Å²) in [4.78, 5) is 21.5. The van der Waals surface area contributed by atoms with Gasteiger partial charge in [0.15, 0.2) is 0 Å². The Morgan fingerprint density at radius 2 is 1.68 bits per heavy atom. The minimum Gasteiger partial charge on any atom is -0.497 e. The molecule has 1 aromatic heterocycles. The Morgan fingerprint density at radius 3 is 2.35 bits per heavy atom. The summed E-state index contributed by atoms with van der Waals surface area (Å²) in [5, 5.41) is 0. The van der Waals surface area contributed by atoms with Crippen molar-refractivity contribution in [3.63, 3.8) is 0 Å². The van der Waals surface area contributed by atoms with Crippen molar-refractivity contribution in [2.24, 2.45) is 0 Å². The molecule has 5 nitrogen and oxygen atoms in total. The summed E-state index contributed by atoms with van der Waals surface area (Å²) in [7, 11) is 1.70. The molecule has 2 bridgehead atoms. The number of amides is 1. The Balaban J connectivity index is 1.26. The van der Waals surface area contributed by atoms with Gasteiger partial charge in [-0.15, -0.1) is 0 Å². The number of likely N-dealkylation sites (tertiary alicyclic amines) is 1. The maximum absolute atomic E-state index is 12.9. The van der Waals surface area contributed by atoms with Crippen molar-refractivity contribution in [2.45, 2.75) is 31.5 Å². The molecule has 1 amide bonds. The Morgan fingerprint density at radius 1 is 0.968 bits per heavy atom. The third-order valence-corrected chi connectivity index (χ3v) is 6.57. The number of hydrogen-bond acceptors (Lipinski definition) is 4. The zero-order valence-electron chi connectivity index (χ0n) is 17.8. The van der Waals surface area contributed by atoms with Crippen LogP contribution < -0.4 is 4.74 Å². The van der Waals surface area contributed by atoms with Gasteiger partial charge in [-0.3, -0.25) is 14.7 Å². The number of hydrogen-bond donors (Lipinski definition) is 0. The lowest BCUT2D eigenvalue weighted by Crippen LogP contribution is -2.54. The molecule has 2 unspecified atom stereocenters. The van der Waals surface area contributed by atoms with Crippen LogP contribution in [0.1, 0.15) is 28.8 Å². The van der Waals surface area contributed by atoms with E-state index in [1.54, 1.807) is 31.6 Å². The Hall–Kier alpha value is -3.18. The van der Waals surface area contributed by atoms with Crippen LogP contribution in [0.3, 0.4) is 0 Å². The van der Waals surface area contributed by atoms with Crippen molar-refractivity contribution in [1.29, 1.82) is 0 Å². The largest absolute Gasteiger partial charge is 0.497 e. The van der Waals surface area contributed by atoms with Crippen molar-refractivity contribution in [2.75, 3.05) is 20.2 Å². The first kappa shape index (κ1) is 19.8. The second-order valence-electron chi connectivity index (χ2n) is 8.43. The number of carbonyl (C=O) groups is 1. The highest BCUT2D eigenvalue weighted by Gasteiger charge is 2.41. The number of rotatable bonds is 5. The third kappa shape index (κ3) is 4.06. The van der Waals surface area contributed by atoms with Gasteiger partial charge in [0.25, 0.3) is 5.91 Å². The smallest absolute Gasteiger partial charge is 0.254 e. The van der Waals surface area contributed by atoms with Gasteiger partial charge in [0.1, 0.15) is 5.75 Å². The Labute approximate surface area is 183 Å². The summed E-state index contributed by atoms with van der Waals surface area (Å²) in [5.74, 6) is 0.999. The number of benzene rings is 2. The number of carbonyl (C=O) groups excluding carboxylic acids is 1. The average Bonchev–Trinajstić information content (AvgIpc) is 3.05. The number of pyridine rings is 1. The zero-order valence-corrected chi connectivity index (χ0v) is 17.8. The van der Waals surface area contributed by atoms with Crippen molar-refractivity contribution in [3.8, 4) is 16.9 Å². The number of ether oxygens (including phenoxy) is 1. The highest BCUT2D eigenvalue weighted by atomic mass is 16.5. The highest BCUT2D eigenvalue weighted by Crippen LogP contribution is 2.33. The van der Waals surface area contributed by atoms with Gasteiger partial charge in [0.05, 0.1) is 7.11 Å². The van der Waals surface area contributed by atoms with Crippen molar-refractivity contribution >= 4 is 5.91 Å². The van der Waals surface area contributed by atoms with Crippen LogP contribution in [0.25, 0.3) is 11.1 Å². The fourth-order valence-corrected chi connectivity index (χ4v) is 4.91. The molecule has 2 aliphatic rings. The lowest BCUT2D eigenvalue weighted by atomic mass is 10.0. The van der Waals surface area contributed by atoms with Gasteiger partial charge in [0, 0.05) is 49.7 Å². The standard InChI is InChI=1S/C26H27N3O2/c1-31-25-4-2-3-22(15-25)20-7-5-19(6-8-20)16-29-23-9-10-24(29)18-28(17-23)26(30)21-11-13-27-14-12-21/h2-8,11-15,23-24H,9-10,16-18H2,1H3. The molecule has 2 saturated heterocycles. The molecule has 2 fully saturated rings. The molecule has 3 heterocycles. The number of aromatic nitrogens is 1. The van der Waals surface area contributed by atoms with E-state index in [-0.39, 0.29) is 5.91 Å². The summed E-state index contributed by atoms with van der Waals surface area (Å²) in [6, 6.07) is 21.5. The van der Waals surface area contributed by atoms with Crippen molar-refractivity contribution < 1.29 is 9.53 Å². The summed E-state index contributed by atoms with van der Waals surface area (Å²) < 4.78 is 5.35. The Kier molecular flexibility index (Phi) is 5.43. The molecule has 5 heteroatoms. The first-order chi connectivity index (χ1) is 15.2. The Bertz CT molecular complexity index is 1040. The monoisotopic (exact) mass is 413 g/mol. The molecule has 2 aliphatic heterocycles. The molecule has 0 N–H and O–H groups in total. The van der Waals surface area contributed by atoms with Crippen LogP contribution >= 0.6 is 0 Å². The van der Waals surface area contributed by atoms with Gasteiger partial charge < -0.3 is 9.64 Å². The molecule has 31 heavy (non-hydrogen) atoms. The van der Waals surface area contributed by atoms with E-state index in [2.05, 4.69) is 46.3 Å². The normalized spacial score (nSPS) is 20.6. The lowest BCUT2D eigenvalue weighted by molar-refractivity contribution is 0.0423. The molecule has 0 spiro atoms. The minimum absolute atomic E-state index is 0.126. The maximum atomic E-state index is 12.9. The van der Waals surface area contributed by atoms with Gasteiger partial charge in [-0.25, -0.2) is 0 Å². The van der Waals surface area contributed by atoms with Crippen LogP contribution in [0.5, 0.6) is 5.75 Å². The van der Waals surface area contributed by atoms with E-state index >= 15 is 0 Å². The van der Waals surface area contributed by atoms with Crippen LogP contribution in [0.4, 0.5) is 0 Å². The van der Waals surface area contributed by atoms with Gasteiger partial charge in [0.2, 0.25) is 0 Å². The number of methoxy groups -OCH3 is 1. The van der Waals surface area contributed by atoms with Crippen LogP contribution in [0, 0.1) is 0 Å². The van der Waals surface area contributed by atoms with Gasteiger partial charge in [-0.2, -0.15) is 0 Å². The first-order valence-corrected chi connectivity index (χ1v) is 10.9. The number of nitrogens with zero attached hydrogens (tertiary/aromatic N) is 3. The maximum Gasteiger partial charge on any atom is 0.254 e. The number of fused-ring (bicyclic) bond motifs is 2. The molecular formula is C26H27N3O2. The summed E-state index contributed by atoms with van der Waals surface area (Å²) >= 11 is 0.